The number of aromatic nitrogens is 2. The zero-order valence-electron chi connectivity index (χ0n) is 13.2. The van der Waals surface area contributed by atoms with Crippen LogP contribution in [-0.4, -0.2) is 39.1 Å². The summed E-state index contributed by atoms with van der Waals surface area (Å²) in [5.74, 6) is -1.17. The summed E-state index contributed by atoms with van der Waals surface area (Å²) in [4.78, 5) is 29.6. The SMILES string of the molecule is O=CN(O)C[C@@H](CCC1CC1)C(=O)NNc1nccc(C(F)(F)F)n1. The third kappa shape index (κ3) is 6.18. The van der Waals surface area contributed by atoms with Gasteiger partial charge >= 0.3 is 6.18 Å². The fourth-order valence-electron chi connectivity index (χ4n) is 2.21. The van der Waals surface area contributed by atoms with Gasteiger partial charge in [-0.25, -0.2) is 15.0 Å². The van der Waals surface area contributed by atoms with Gasteiger partial charge in [-0.15, -0.1) is 0 Å². The van der Waals surface area contributed by atoms with Gasteiger partial charge in [-0.1, -0.05) is 12.8 Å². The number of hydrogen-bond acceptors (Lipinski definition) is 6. The van der Waals surface area contributed by atoms with E-state index in [9.17, 15) is 28.0 Å². The van der Waals surface area contributed by atoms with Crippen molar-refractivity contribution in [3.05, 3.63) is 18.0 Å². The van der Waals surface area contributed by atoms with Crippen LogP contribution in [0.3, 0.4) is 0 Å². The Kier molecular flexibility index (Phi) is 6.12. The Morgan fingerprint density at radius 2 is 2.20 bits per heavy atom. The number of rotatable bonds is 9. The fourth-order valence-corrected chi connectivity index (χ4v) is 2.21. The summed E-state index contributed by atoms with van der Waals surface area (Å²) in [6, 6.07) is 0.708. The van der Waals surface area contributed by atoms with Crippen LogP contribution >= 0.6 is 0 Å². The van der Waals surface area contributed by atoms with Crippen molar-refractivity contribution < 1.29 is 28.0 Å². The zero-order valence-corrected chi connectivity index (χ0v) is 13.2. The predicted octanol–water partition coefficient (Wildman–Crippen LogP) is 1.59. The van der Waals surface area contributed by atoms with E-state index in [1.165, 1.54) is 0 Å². The van der Waals surface area contributed by atoms with E-state index >= 15 is 0 Å². The number of carbonyl (C=O) groups excluding carboxylic acids is 2. The molecule has 1 aliphatic carbocycles. The van der Waals surface area contributed by atoms with E-state index in [-0.39, 0.29) is 13.0 Å². The molecular formula is C14H18F3N5O3. The van der Waals surface area contributed by atoms with Gasteiger partial charge in [0.2, 0.25) is 18.3 Å². The topological polar surface area (TPSA) is 107 Å². The highest BCUT2D eigenvalue weighted by Crippen LogP contribution is 2.34. The standard InChI is InChI=1S/C14H18F3N5O3/c15-14(16,17)11-5-6-18-13(19-11)21-20-12(24)10(7-22(25)8-23)4-3-9-1-2-9/h5-6,8-10,25H,1-4,7H2,(H,20,24)(H,18,19,21)/t10-/m1/s1. The third-order valence-electron chi connectivity index (χ3n) is 3.76. The molecule has 0 aromatic carbocycles. The highest BCUT2D eigenvalue weighted by atomic mass is 19.4. The minimum Gasteiger partial charge on any atom is -0.286 e. The van der Waals surface area contributed by atoms with E-state index in [0.29, 0.717) is 23.5 Å². The van der Waals surface area contributed by atoms with Crippen LogP contribution in [0.15, 0.2) is 12.3 Å². The normalized spacial score (nSPS) is 15.4. The Morgan fingerprint density at radius 3 is 2.80 bits per heavy atom. The summed E-state index contributed by atoms with van der Waals surface area (Å²) in [5, 5.41) is 9.64. The predicted molar refractivity (Wildman–Crippen MR) is 78.8 cm³/mol. The van der Waals surface area contributed by atoms with Crippen molar-refractivity contribution >= 4 is 18.3 Å². The Labute approximate surface area is 141 Å². The van der Waals surface area contributed by atoms with Crippen LogP contribution in [-0.2, 0) is 15.8 Å². The van der Waals surface area contributed by atoms with Crippen LogP contribution in [0.5, 0.6) is 0 Å². The Morgan fingerprint density at radius 1 is 1.48 bits per heavy atom. The molecule has 1 heterocycles. The molecule has 1 aromatic heterocycles. The molecule has 11 heteroatoms. The Balaban J connectivity index is 1.93. The highest BCUT2D eigenvalue weighted by Gasteiger charge is 2.33. The summed E-state index contributed by atoms with van der Waals surface area (Å²) in [7, 11) is 0. The second-order valence-corrected chi connectivity index (χ2v) is 5.82. The van der Waals surface area contributed by atoms with Gasteiger partial charge < -0.3 is 0 Å². The molecule has 0 bridgehead atoms. The van der Waals surface area contributed by atoms with Crippen LogP contribution in [0.2, 0.25) is 0 Å². The number of carbonyl (C=O) groups is 2. The fraction of sp³-hybridized carbons (Fsp3) is 0.571. The first-order chi connectivity index (χ1) is 11.8. The summed E-state index contributed by atoms with van der Waals surface area (Å²) in [5.41, 5.74) is 3.29. The largest absolute Gasteiger partial charge is 0.433 e. The lowest BCUT2D eigenvalue weighted by Crippen LogP contribution is -2.40. The summed E-state index contributed by atoms with van der Waals surface area (Å²) >= 11 is 0. The van der Waals surface area contributed by atoms with Gasteiger partial charge in [-0.3, -0.25) is 25.6 Å². The summed E-state index contributed by atoms with van der Waals surface area (Å²) < 4.78 is 37.8. The number of amides is 2. The van der Waals surface area contributed by atoms with Gasteiger partial charge in [0.25, 0.3) is 0 Å². The summed E-state index contributed by atoms with van der Waals surface area (Å²) in [6.07, 6.45) is -0.158. The maximum absolute atomic E-state index is 12.6. The number of nitrogens with one attached hydrogen (secondary N) is 2. The molecule has 0 spiro atoms. The molecule has 0 radical (unpaired) electrons. The van der Waals surface area contributed by atoms with E-state index in [4.69, 9.17) is 0 Å². The van der Waals surface area contributed by atoms with E-state index in [2.05, 4.69) is 20.8 Å². The molecule has 0 saturated heterocycles. The minimum absolute atomic E-state index is 0.181. The smallest absolute Gasteiger partial charge is 0.286 e. The van der Waals surface area contributed by atoms with Gasteiger partial charge in [0.05, 0.1) is 12.5 Å². The van der Waals surface area contributed by atoms with Gasteiger partial charge in [0, 0.05) is 6.20 Å². The first kappa shape index (κ1) is 18.9. The maximum atomic E-state index is 12.6. The monoisotopic (exact) mass is 361 g/mol. The van der Waals surface area contributed by atoms with E-state index in [1.807, 2.05) is 0 Å². The third-order valence-corrected chi connectivity index (χ3v) is 3.76. The number of hydroxylamine groups is 2. The Bertz CT molecular complexity index is 610. The van der Waals surface area contributed by atoms with Crippen molar-refractivity contribution in [1.29, 1.82) is 0 Å². The molecule has 1 saturated carbocycles. The molecule has 8 nitrogen and oxygen atoms in total. The first-order valence-electron chi connectivity index (χ1n) is 7.66. The highest BCUT2D eigenvalue weighted by molar-refractivity contribution is 5.80. The molecule has 1 aliphatic rings. The van der Waals surface area contributed by atoms with Crippen molar-refractivity contribution in [2.45, 2.75) is 31.9 Å². The van der Waals surface area contributed by atoms with Crippen molar-refractivity contribution in [1.82, 2.24) is 20.5 Å². The second kappa shape index (κ2) is 8.10. The zero-order chi connectivity index (χ0) is 18.4. The molecule has 2 rings (SSSR count). The van der Waals surface area contributed by atoms with Crippen molar-refractivity contribution in [3.8, 4) is 0 Å². The Hall–Kier alpha value is -2.43. The molecule has 2 amide bonds. The first-order valence-corrected chi connectivity index (χ1v) is 7.66. The van der Waals surface area contributed by atoms with E-state index < -0.39 is 29.6 Å². The second-order valence-electron chi connectivity index (χ2n) is 5.82. The average Bonchev–Trinajstić information content (AvgIpc) is 3.40. The van der Waals surface area contributed by atoms with Crippen LogP contribution in [0, 0.1) is 11.8 Å². The van der Waals surface area contributed by atoms with Gasteiger partial charge in [0.1, 0.15) is 5.69 Å². The molecule has 1 aromatic rings. The summed E-state index contributed by atoms with van der Waals surface area (Å²) in [6.45, 7) is -0.215. The van der Waals surface area contributed by atoms with Crippen molar-refractivity contribution in [2.75, 3.05) is 12.0 Å². The maximum Gasteiger partial charge on any atom is 0.433 e. The lowest BCUT2D eigenvalue weighted by molar-refractivity contribution is -0.154. The molecule has 1 atom stereocenters. The number of halogens is 3. The lowest BCUT2D eigenvalue weighted by atomic mass is 10.0. The number of alkyl halides is 3. The van der Waals surface area contributed by atoms with Crippen LogP contribution < -0.4 is 10.9 Å². The van der Waals surface area contributed by atoms with Crippen LogP contribution in [0.1, 0.15) is 31.4 Å². The van der Waals surface area contributed by atoms with Gasteiger partial charge in [0.15, 0.2) is 0 Å². The van der Waals surface area contributed by atoms with Gasteiger partial charge in [-0.05, 0) is 24.8 Å². The lowest BCUT2D eigenvalue weighted by Gasteiger charge is -2.19. The number of nitrogens with zero attached hydrogens (tertiary/aromatic N) is 3. The number of hydrogen-bond donors (Lipinski definition) is 3. The number of hydrazine groups is 1. The molecular weight excluding hydrogens is 343 g/mol. The van der Waals surface area contributed by atoms with Crippen LogP contribution in [0.4, 0.5) is 19.1 Å². The van der Waals surface area contributed by atoms with E-state index in [1.54, 1.807) is 0 Å². The average molecular weight is 361 g/mol. The molecule has 138 valence electrons. The van der Waals surface area contributed by atoms with Crippen molar-refractivity contribution in [2.24, 2.45) is 11.8 Å². The van der Waals surface area contributed by atoms with Crippen LogP contribution in [0.25, 0.3) is 0 Å². The molecule has 0 unspecified atom stereocenters. The van der Waals surface area contributed by atoms with Crippen molar-refractivity contribution in [3.63, 3.8) is 0 Å². The number of anilines is 1. The molecule has 3 N–H and O–H groups in total. The molecule has 1 fully saturated rings. The quantitative estimate of drug-likeness (QED) is 0.350. The van der Waals surface area contributed by atoms with Gasteiger partial charge in [-0.2, -0.15) is 13.2 Å². The molecule has 25 heavy (non-hydrogen) atoms. The minimum atomic E-state index is -4.63. The van der Waals surface area contributed by atoms with E-state index in [0.717, 1.165) is 25.5 Å². The molecule has 0 aliphatic heterocycles.